The summed E-state index contributed by atoms with van der Waals surface area (Å²) < 4.78 is 5.53. The van der Waals surface area contributed by atoms with E-state index in [2.05, 4.69) is 12.2 Å². The molecule has 0 aromatic rings. The number of nitrogens with two attached hydrogens (primary N) is 1. The Bertz CT molecular complexity index is 204. The van der Waals surface area contributed by atoms with Crippen molar-refractivity contribution in [3.05, 3.63) is 0 Å². The van der Waals surface area contributed by atoms with Gasteiger partial charge in [0.25, 0.3) is 0 Å². The van der Waals surface area contributed by atoms with Gasteiger partial charge in [0.05, 0.1) is 6.10 Å². The molecule has 0 saturated carbocycles. The number of carbonyl (C=O) groups excluding carboxylic acids is 1. The van der Waals surface area contributed by atoms with Crippen molar-refractivity contribution in [2.45, 2.75) is 44.8 Å². The van der Waals surface area contributed by atoms with Gasteiger partial charge in [-0.1, -0.05) is 13.8 Å². The summed E-state index contributed by atoms with van der Waals surface area (Å²) in [5.41, 5.74) is 4.91. The molecule has 1 aliphatic heterocycles. The van der Waals surface area contributed by atoms with E-state index < -0.39 is 5.54 Å². The molecule has 4 heteroatoms. The third kappa shape index (κ3) is 2.25. The Balaban J connectivity index is 2.70. The summed E-state index contributed by atoms with van der Waals surface area (Å²) in [5, 5.41) is 3.21. The number of rotatable bonds is 4. The number of likely N-dealkylation sites (N-methyl/N-ethyl adjacent to an activating group) is 1. The molecule has 82 valence electrons. The van der Waals surface area contributed by atoms with E-state index in [1.165, 1.54) is 0 Å². The van der Waals surface area contributed by atoms with Gasteiger partial charge in [0, 0.05) is 13.0 Å². The molecule has 1 amide bonds. The number of hydrogen-bond acceptors (Lipinski definition) is 3. The van der Waals surface area contributed by atoms with Gasteiger partial charge in [-0.15, -0.1) is 0 Å². The SMILES string of the molecule is CCNC1(C(N)=O)CCOC(CC)C1. The Hall–Kier alpha value is -0.610. The Morgan fingerprint density at radius 1 is 1.64 bits per heavy atom. The van der Waals surface area contributed by atoms with Crippen molar-refractivity contribution >= 4 is 5.91 Å². The second kappa shape index (κ2) is 4.75. The fraction of sp³-hybridized carbons (Fsp3) is 0.900. The highest BCUT2D eigenvalue weighted by Crippen LogP contribution is 2.26. The zero-order valence-electron chi connectivity index (χ0n) is 9.01. The van der Waals surface area contributed by atoms with E-state index in [1.807, 2.05) is 6.92 Å². The standard InChI is InChI=1S/C10H20N2O2/c1-3-8-7-10(9(11)13,12-4-2)5-6-14-8/h8,12H,3-7H2,1-2H3,(H2,11,13). The highest BCUT2D eigenvalue weighted by Gasteiger charge is 2.40. The van der Waals surface area contributed by atoms with Gasteiger partial charge in [-0.3, -0.25) is 4.79 Å². The molecule has 4 nitrogen and oxygen atoms in total. The molecule has 2 unspecified atom stereocenters. The summed E-state index contributed by atoms with van der Waals surface area (Å²) >= 11 is 0. The van der Waals surface area contributed by atoms with Gasteiger partial charge in [-0.2, -0.15) is 0 Å². The molecule has 0 bridgehead atoms. The molecule has 2 atom stereocenters. The van der Waals surface area contributed by atoms with Crippen LogP contribution in [0, 0.1) is 0 Å². The van der Waals surface area contributed by atoms with E-state index in [0.29, 0.717) is 19.4 Å². The van der Waals surface area contributed by atoms with Gasteiger partial charge >= 0.3 is 0 Å². The first kappa shape index (κ1) is 11.5. The first-order valence-corrected chi connectivity index (χ1v) is 5.31. The maximum absolute atomic E-state index is 11.4. The lowest BCUT2D eigenvalue weighted by atomic mass is 9.85. The van der Waals surface area contributed by atoms with E-state index >= 15 is 0 Å². The average Bonchev–Trinajstić information content (AvgIpc) is 2.18. The van der Waals surface area contributed by atoms with Gasteiger partial charge in [-0.05, 0) is 19.4 Å². The third-order valence-electron chi connectivity index (χ3n) is 2.90. The van der Waals surface area contributed by atoms with E-state index in [4.69, 9.17) is 10.5 Å². The van der Waals surface area contributed by atoms with Crippen LogP contribution < -0.4 is 11.1 Å². The van der Waals surface area contributed by atoms with Crippen LogP contribution >= 0.6 is 0 Å². The molecule has 0 aliphatic carbocycles. The van der Waals surface area contributed by atoms with Crippen molar-refractivity contribution in [3.63, 3.8) is 0 Å². The number of carbonyl (C=O) groups is 1. The van der Waals surface area contributed by atoms with Gasteiger partial charge in [0.15, 0.2) is 0 Å². The average molecular weight is 200 g/mol. The molecule has 1 heterocycles. The third-order valence-corrected chi connectivity index (χ3v) is 2.90. The minimum atomic E-state index is -0.534. The second-order valence-electron chi connectivity index (χ2n) is 3.83. The normalized spacial score (nSPS) is 32.9. The van der Waals surface area contributed by atoms with Crippen LogP contribution in [0.5, 0.6) is 0 Å². The minimum Gasteiger partial charge on any atom is -0.378 e. The minimum absolute atomic E-state index is 0.162. The van der Waals surface area contributed by atoms with Crippen molar-refractivity contribution < 1.29 is 9.53 Å². The first-order valence-electron chi connectivity index (χ1n) is 5.31. The number of hydrogen-bond donors (Lipinski definition) is 2. The molecule has 0 spiro atoms. The van der Waals surface area contributed by atoms with E-state index in [-0.39, 0.29) is 12.0 Å². The van der Waals surface area contributed by atoms with Crippen LogP contribution in [0.25, 0.3) is 0 Å². The molecule has 0 radical (unpaired) electrons. The number of ether oxygens (including phenoxy) is 1. The largest absolute Gasteiger partial charge is 0.378 e. The summed E-state index contributed by atoms with van der Waals surface area (Å²) in [5.74, 6) is -0.249. The molecule has 1 fully saturated rings. The molecule has 0 aromatic carbocycles. The molecule has 1 rings (SSSR count). The highest BCUT2D eigenvalue weighted by molar-refractivity contribution is 5.84. The Kier molecular flexibility index (Phi) is 3.89. The summed E-state index contributed by atoms with van der Waals surface area (Å²) in [6.07, 6.45) is 2.48. The first-order chi connectivity index (χ1) is 6.64. The quantitative estimate of drug-likeness (QED) is 0.691. The van der Waals surface area contributed by atoms with Crippen LogP contribution in [0.2, 0.25) is 0 Å². The molecular formula is C10H20N2O2. The molecule has 3 N–H and O–H groups in total. The van der Waals surface area contributed by atoms with E-state index in [1.54, 1.807) is 0 Å². The molecule has 14 heavy (non-hydrogen) atoms. The zero-order valence-corrected chi connectivity index (χ0v) is 9.01. The Morgan fingerprint density at radius 2 is 2.36 bits per heavy atom. The van der Waals surface area contributed by atoms with Crippen molar-refractivity contribution in [2.24, 2.45) is 5.73 Å². The Labute approximate surface area is 85.2 Å². The summed E-state index contributed by atoms with van der Waals surface area (Å²) in [6.45, 7) is 5.43. The zero-order chi connectivity index (χ0) is 10.6. The topological polar surface area (TPSA) is 64.3 Å². The lowest BCUT2D eigenvalue weighted by Gasteiger charge is -2.38. The van der Waals surface area contributed by atoms with Gasteiger partial charge in [-0.25, -0.2) is 0 Å². The number of amides is 1. The monoisotopic (exact) mass is 200 g/mol. The van der Waals surface area contributed by atoms with Crippen LogP contribution in [0.3, 0.4) is 0 Å². The van der Waals surface area contributed by atoms with E-state index in [0.717, 1.165) is 13.0 Å². The second-order valence-corrected chi connectivity index (χ2v) is 3.83. The van der Waals surface area contributed by atoms with Crippen molar-refractivity contribution in [2.75, 3.05) is 13.2 Å². The van der Waals surface area contributed by atoms with Crippen LogP contribution in [0.4, 0.5) is 0 Å². The van der Waals surface area contributed by atoms with Crippen molar-refractivity contribution in [1.82, 2.24) is 5.32 Å². The maximum Gasteiger partial charge on any atom is 0.237 e. The smallest absolute Gasteiger partial charge is 0.237 e. The lowest BCUT2D eigenvalue weighted by Crippen LogP contribution is -2.59. The predicted molar refractivity (Wildman–Crippen MR) is 54.9 cm³/mol. The number of nitrogens with one attached hydrogen (secondary N) is 1. The molecule has 0 aromatic heterocycles. The summed E-state index contributed by atoms with van der Waals surface area (Å²) in [4.78, 5) is 11.4. The van der Waals surface area contributed by atoms with Crippen molar-refractivity contribution in [3.8, 4) is 0 Å². The van der Waals surface area contributed by atoms with Crippen LogP contribution in [0.1, 0.15) is 33.1 Å². The molecule has 1 aliphatic rings. The van der Waals surface area contributed by atoms with Gasteiger partial charge in [0.2, 0.25) is 5.91 Å². The maximum atomic E-state index is 11.4. The highest BCUT2D eigenvalue weighted by atomic mass is 16.5. The fourth-order valence-corrected chi connectivity index (χ4v) is 2.02. The fourth-order valence-electron chi connectivity index (χ4n) is 2.02. The van der Waals surface area contributed by atoms with Crippen LogP contribution in [-0.2, 0) is 9.53 Å². The summed E-state index contributed by atoms with van der Waals surface area (Å²) in [6, 6.07) is 0. The van der Waals surface area contributed by atoms with Crippen molar-refractivity contribution in [1.29, 1.82) is 0 Å². The van der Waals surface area contributed by atoms with Crippen LogP contribution in [-0.4, -0.2) is 30.7 Å². The Morgan fingerprint density at radius 3 is 2.86 bits per heavy atom. The molecular weight excluding hydrogens is 180 g/mol. The van der Waals surface area contributed by atoms with Gasteiger partial charge < -0.3 is 15.8 Å². The summed E-state index contributed by atoms with van der Waals surface area (Å²) in [7, 11) is 0. The van der Waals surface area contributed by atoms with Crippen LogP contribution in [0.15, 0.2) is 0 Å². The predicted octanol–water partition coefficient (Wildman–Crippen LogP) is 0.409. The number of primary amides is 1. The van der Waals surface area contributed by atoms with Gasteiger partial charge in [0.1, 0.15) is 5.54 Å². The lowest BCUT2D eigenvalue weighted by molar-refractivity contribution is -0.131. The molecule has 1 saturated heterocycles. The van der Waals surface area contributed by atoms with E-state index in [9.17, 15) is 4.79 Å².